The van der Waals surface area contributed by atoms with E-state index in [1.807, 2.05) is 7.05 Å². The topological polar surface area (TPSA) is 51.1 Å². The number of nitrogens with zero attached hydrogens (tertiary/aromatic N) is 1. The predicted molar refractivity (Wildman–Crippen MR) is 99.7 cm³/mol. The molecule has 1 aliphatic heterocycles. The van der Waals surface area contributed by atoms with Crippen molar-refractivity contribution >= 4 is 20.7 Å². The average molecular weight is 390 g/mol. The summed E-state index contributed by atoms with van der Waals surface area (Å²) in [6.07, 6.45) is 0.863. The Morgan fingerprint density at radius 2 is 1.78 bits per heavy atom. The zero-order valence-corrected chi connectivity index (χ0v) is 15.9. The van der Waals surface area contributed by atoms with Crippen molar-refractivity contribution in [1.29, 1.82) is 0 Å². The Balaban J connectivity index is 1.93. The summed E-state index contributed by atoms with van der Waals surface area (Å²) in [4.78, 5) is -0.339. The molecule has 4 nitrogen and oxygen atoms in total. The third kappa shape index (κ3) is 2.95. The predicted octanol–water partition coefficient (Wildman–Crippen LogP) is 3.54. The van der Waals surface area contributed by atoms with E-state index in [0.29, 0.717) is 6.07 Å². The number of aryl methyl sites for hydroxylation is 1. The molecule has 1 unspecified atom stereocenters. The molecule has 0 saturated heterocycles. The fraction of sp³-hybridized carbons (Fsp3) is 0.300. The Bertz CT molecular complexity index is 1130. The lowest BCUT2D eigenvalue weighted by molar-refractivity contribution is 0.567. The molecule has 0 radical (unpaired) electrons. The Hall–Kier alpha value is -2.25. The molecule has 27 heavy (non-hydrogen) atoms. The Kier molecular flexibility index (Phi) is 4.31. The molecule has 1 atom stereocenters. The van der Waals surface area contributed by atoms with Gasteiger partial charge in [-0.05, 0) is 41.8 Å². The normalized spacial score (nSPS) is 17.7. The van der Waals surface area contributed by atoms with Crippen LogP contribution in [0.15, 0.2) is 46.2 Å². The molecule has 0 bridgehead atoms. The Morgan fingerprint density at radius 3 is 2.48 bits per heavy atom. The van der Waals surface area contributed by atoms with Crippen LogP contribution in [-0.2, 0) is 23.3 Å². The summed E-state index contributed by atoms with van der Waals surface area (Å²) in [7, 11) is -2.04. The van der Waals surface area contributed by atoms with Crippen molar-refractivity contribution in [2.75, 3.05) is 13.1 Å². The van der Waals surface area contributed by atoms with Gasteiger partial charge in [0, 0.05) is 49.2 Å². The number of aromatic nitrogens is 1. The van der Waals surface area contributed by atoms with Gasteiger partial charge < -0.3 is 9.88 Å². The van der Waals surface area contributed by atoms with Gasteiger partial charge in [-0.2, -0.15) is 0 Å². The minimum atomic E-state index is -4.02. The van der Waals surface area contributed by atoms with E-state index in [4.69, 9.17) is 0 Å². The van der Waals surface area contributed by atoms with E-state index in [2.05, 4.69) is 16.8 Å². The average Bonchev–Trinajstić information content (AvgIpc) is 2.75. The van der Waals surface area contributed by atoms with Gasteiger partial charge in [0.15, 0.2) is 0 Å². The quantitative estimate of drug-likeness (QED) is 0.728. The van der Waals surface area contributed by atoms with Crippen LogP contribution in [0.5, 0.6) is 0 Å². The van der Waals surface area contributed by atoms with Gasteiger partial charge in [-0.1, -0.05) is 6.92 Å². The lowest BCUT2D eigenvalue weighted by atomic mass is 9.98. The van der Waals surface area contributed by atoms with Crippen molar-refractivity contribution in [2.24, 2.45) is 7.05 Å². The summed E-state index contributed by atoms with van der Waals surface area (Å²) in [5, 5.41) is 4.27. The molecule has 0 amide bonds. The van der Waals surface area contributed by atoms with Gasteiger partial charge >= 0.3 is 0 Å². The first-order valence-corrected chi connectivity index (χ1v) is 10.3. The molecule has 7 heteroatoms. The highest BCUT2D eigenvalue weighted by Gasteiger charge is 2.25. The first kappa shape index (κ1) is 18.1. The maximum atomic E-state index is 13.5. The van der Waals surface area contributed by atoms with Gasteiger partial charge in [-0.25, -0.2) is 17.2 Å². The van der Waals surface area contributed by atoms with Crippen LogP contribution >= 0.6 is 0 Å². The van der Waals surface area contributed by atoms with E-state index in [0.717, 1.165) is 48.1 Å². The van der Waals surface area contributed by atoms with Gasteiger partial charge in [0.25, 0.3) is 0 Å². The molecule has 3 aromatic rings. The maximum absolute atomic E-state index is 13.5. The standard InChI is InChI=1S/C20H20F2N2O2S/c1-12-11-23-6-5-19-20(12)17-10-15(3-4-18(17)24(19)2)27(25,26)16-8-13(21)7-14(22)9-16/h3-4,7-10,12,23H,5-6,11H2,1-2H3. The van der Waals surface area contributed by atoms with Crippen molar-refractivity contribution < 1.29 is 17.2 Å². The number of nitrogens with one attached hydrogen (secondary N) is 1. The van der Waals surface area contributed by atoms with Crippen LogP contribution < -0.4 is 5.32 Å². The molecule has 2 heterocycles. The van der Waals surface area contributed by atoms with Crippen molar-refractivity contribution in [2.45, 2.75) is 29.1 Å². The van der Waals surface area contributed by atoms with E-state index < -0.39 is 21.5 Å². The Labute approximate surface area is 156 Å². The fourth-order valence-electron chi connectivity index (χ4n) is 3.97. The van der Waals surface area contributed by atoms with Crippen LogP contribution in [0.1, 0.15) is 24.1 Å². The van der Waals surface area contributed by atoms with Gasteiger partial charge in [-0.15, -0.1) is 0 Å². The second kappa shape index (κ2) is 6.42. The third-order valence-electron chi connectivity index (χ3n) is 5.27. The second-order valence-electron chi connectivity index (χ2n) is 7.06. The molecule has 0 fully saturated rings. The minimum Gasteiger partial charge on any atom is -0.347 e. The third-order valence-corrected chi connectivity index (χ3v) is 7.00. The summed E-state index contributed by atoms with van der Waals surface area (Å²) >= 11 is 0. The highest BCUT2D eigenvalue weighted by molar-refractivity contribution is 7.91. The number of hydrogen-bond donors (Lipinski definition) is 1. The number of sulfone groups is 1. The molecule has 0 spiro atoms. The van der Waals surface area contributed by atoms with Crippen LogP contribution in [0.3, 0.4) is 0 Å². The lowest BCUT2D eigenvalue weighted by Crippen LogP contribution is -2.19. The smallest absolute Gasteiger partial charge is 0.206 e. The van der Waals surface area contributed by atoms with Crippen LogP contribution in [-0.4, -0.2) is 26.1 Å². The van der Waals surface area contributed by atoms with E-state index in [1.54, 1.807) is 12.1 Å². The van der Waals surface area contributed by atoms with Crippen molar-refractivity contribution in [3.63, 3.8) is 0 Å². The SMILES string of the molecule is CC1CNCCc2c1c1cc(S(=O)(=O)c3cc(F)cc(F)c3)ccc1n2C. The number of rotatable bonds is 2. The number of benzene rings is 2. The molecule has 1 N–H and O–H groups in total. The summed E-state index contributed by atoms with van der Waals surface area (Å²) in [6, 6.07) is 7.26. The van der Waals surface area contributed by atoms with E-state index in [-0.39, 0.29) is 15.7 Å². The van der Waals surface area contributed by atoms with Crippen LogP contribution in [0, 0.1) is 11.6 Å². The van der Waals surface area contributed by atoms with Gasteiger partial charge in [0.1, 0.15) is 11.6 Å². The van der Waals surface area contributed by atoms with Gasteiger partial charge in [0.05, 0.1) is 9.79 Å². The van der Waals surface area contributed by atoms with Gasteiger partial charge in [0.2, 0.25) is 9.84 Å². The first-order chi connectivity index (χ1) is 12.8. The molecule has 1 aliphatic rings. The highest BCUT2D eigenvalue weighted by Crippen LogP contribution is 2.35. The highest BCUT2D eigenvalue weighted by atomic mass is 32.2. The molecule has 2 aromatic carbocycles. The first-order valence-electron chi connectivity index (χ1n) is 8.82. The van der Waals surface area contributed by atoms with E-state index >= 15 is 0 Å². The van der Waals surface area contributed by atoms with Crippen molar-refractivity contribution in [3.05, 3.63) is 59.3 Å². The lowest BCUT2D eigenvalue weighted by Gasteiger charge is -2.10. The zero-order chi connectivity index (χ0) is 19.3. The zero-order valence-electron chi connectivity index (χ0n) is 15.1. The summed E-state index contributed by atoms with van der Waals surface area (Å²) in [5.41, 5.74) is 3.28. The minimum absolute atomic E-state index is 0.0396. The largest absolute Gasteiger partial charge is 0.347 e. The van der Waals surface area contributed by atoms with E-state index in [1.165, 1.54) is 11.8 Å². The molecule has 0 aliphatic carbocycles. The molecule has 1 aromatic heterocycles. The second-order valence-corrected chi connectivity index (χ2v) is 9.01. The monoisotopic (exact) mass is 390 g/mol. The van der Waals surface area contributed by atoms with Crippen LogP contribution in [0.25, 0.3) is 10.9 Å². The molecule has 0 saturated carbocycles. The van der Waals surface area contributed by atoms with E-state index in [9.17, 15) is 17.2 Å². The number of fused-ring (bicyclic) bond motifs is 3. The molecule has 4 rings (SSSR count). The molecule has 142 valence electrons. The van der Waals surface area contributed by atoms with Crippen LogP contribution in [0.4, 0.5) is 8.78 Å². The summed E-state index contributed by atoms with van der Waals surface area (Å²) in [6.45, 7) is 3.80. The summed E-state index contributed by atoms with van der Waals surface area (Å²) < 4.78 is 55.1. The fourth-order valence-corrected chi connectivity index (χ4v) is 5.30. The van der Waals surface area contributed by atoms with Crippen molar-refractivity contribution in [1.82, 2.24) is 9.88 Å². The summed E-state index contributed by atoms with van der Waals surface area (Å²) in [5.74, 6) is -1.60. The molecular formula is C20H20F2N2O2S. The van der Waals surface area contributed by atoms with Crippen LogP contribution in [0.2, 0.25) is 0 Å². The Morgan fingerprint density at radius 1 is 1.07 bits per heavy atom. The van der Waals surface area contributed by atoms with Gasteiger partial charge in [-0.3, -0.25) is 0 Å². The number of hydrogen-bond acceptors (Lipinski definition) is 3. The van der Waals surface area contributed by atoms with Crippen molar-refractivity contribution in [3.8, 4) is 0 Å². The molecular weight excluding hydrogens is 370 g/mol. The number of halogens is 2. The maximum Gasteiger partial charge on any atom is 0.206 e.